The van der Waals surface area contributed by atoms with E-state index in [1.807, 2.05) is 0 Å². The Hall–Kier alpha value is -1.95. The number of nitrogens with one attached hydrogen (secondary N) is 1. The number of hydrogen-bond donors (Lipinski definition) is 2. The lowest BCUT2D eigenvalue weighted by Crippen LogP contribution is -2.49. The van der Waals surface area contributed by atoms with E-state index < -0.39 is 17.4 Å². The van der Waals surface area contributed by atoms with E-state index in [0.29, 0.717) is 24.7 Å². The van der Waals surface area contributed by atoms with Crippen LogP contribution in [-0.4, -0.2) is 35.7 Å². The van der Waals surface area contributed by atoms with E-state index in [9.17, 15) is 9.59 Å². The molecule has 0 atom stereocenters. The average Bonchev–Trinajstić information content (AvgIpc) is 2.38. The molecule has 0 aromatic heterocycles. The van der Waals surface area contributed by atoms with Gasteiger partial charge in [-0.25, -0.2) is 4.79 Å². The smallest absolute Gasteiger partial charge is 0.328 e. The van der Waals surface area contributed by atoms with E-state index in [1.54, 1.807) is 0 Å². The van der Waals surface area contributed by atoms with Crippen LogP contribution in [0.4, 0.5) is 0 Å². The monoisotopic (exact) mass is 299 g/mol. The molecule has 0 spiro atoms. The molecule has 0 saturated heterocycles. The molecule has 0 radical (unpaired) electrons. The molecule has 7 heteroatoms. The fraction of sp³-hybridized carbons (Fsp3) is 0.385. The lowest BCUT2D eigenvalue weighted by molar-refractivity contribution is -0.143. The molecule has 0 saturated carbocycles. The molecule has 0 fully saturated rings. The van der Waals surface area contributed by atoms with Crippen LogP contribution in [0, 0.1) is 0 Å². The van der Waals surface area contributed by atoms with Gasteiger partial charge in [0.15, 0.2) is 11.5 Å². The Labute approximate surface area is 120 Å². The summed E-state index contributed by atoms with van der Waals surface area (Å²) in [5.74, 6) is -0.903. The molecular formula is C13H14ClNO5. The van der Waals surface area contributed by atoms with Gasteiger partial charge in [-0.1, -0.05) is 11.6 Å². The molecule has 2 N–H and O–H groups in total. The van der Waals surface area contributed by atoms with Crippen molar-refractivity contribution in [2.45, 2.75) is 19.4 Å². The zero-order chi connectivity index (χ0) is 14.9. The SMILES string of the molecule is CC(C)(NC(=O)c1cc(Cl)c2c(c1)OCCO2)C(=O)O. The van der Waals surface area contributed by atoms with Gasteiger partial charge in [-0.2, -0.15) is 0 Å². The molecule has 0 aliphatic carbocycles. The van der Waals surface area contributed by atoms with Crippen molar-refractivity contribution < 1.29 is 24.2 Å². The summed E-state index contributed by atoms with van der Waals surface area (Å²) in [4.78, 5) is 23.1. The summed E-state index contributed by atoms with van der Waals surface area (Å²) in [6, 6.07) is 2.90. The van der Waals surface area contributed by atoms with Crippen LogP contribution in [0.15, 0.2) is 12.1 Å². The van der Waals surface area contributed by atoms with Crippen molar-refractivity contribution >= 4 is 23.5 Å². The highest BCUT2D eigenvalue weighted by Crippen LogP contribution is 2.38. The average molecular weight is 300 g/mol. The van der Waals surface area contributed by atoms with Gasteiger partial charge in [0.2, 0.25) is 0 Å². The number of carboxylic acids is 1. The highest BCUT2D eigenvalue weighted by molar-refractivity contribution is 6.32. The maximum absolute atomic E-state index is 12.1. The molecule has 1 aromatic rings. The Kier molecular flexibility index (Phi) is 3.76. The third kappa shape index (κ3) is 2.80. The van der Waals surface area contributed by atoms with Crippen molar-refractivity contribution in [2.24, 2.45) is 0 Å². The number of carboxylic acid groups (broad SMARTS) is 1. The quantitative estimate of drug-likeness (QED) is 0.887. The van der Waals surface area contributed by atoms with Gasteiger partial charge in [-0.05, 0) is 26.0 Å². The molecule has 0 bridgehead atoms. The van der Waals surface area contributed by atoms with Gasteiger partial charge in [0.1, 0.15) is 18.8 Å². The van der Waals surface area contributed by atoms with Crippen LogP contribution in [0.2, 0.25) is 5.02 Å². The first-order valence-corrected chi connectivity index (χ1v) is 6.34. The number of carbonyl (C=O) groups excluding carboxylic acids is 1. The van der Waals surface area contributed by atoms with Gasteiger partial charge in [0, 0.05) is 5.56 Å². The van der Waals surface area contributed by atoms with Gasteiger partial charge < -0.3 is 19.9 Å². The second kappa shape index (κ2) is 5.20. The molecular weight excluding hydrogens is 286 g/mol. The highest BCUT2D eigenvalue weighted by atomic mass is 35.5. The first-order valence-electron chi connectivity index (χ1n) is 5.96. The van der Waals surface area contributed by atoms with E-state index >= 15 is 0 Å². The van der Waals surface area contributed by atoms with E-state index in [-0.39, 0.29) is 10.6 Å². The van der Waals surface area contributed by atoms with Gasteiger partial charge in [-0.3, -0.25) is 4.79 Å². The molecule has 0 unspecified atom stereocenters. The number of benzene rings is 1. The lowest BCUT2D eigenvalue weighted by Gasteiger charge is -2.23. The zero-order valence-electron chi connectivity index (χ0n) is 11.0. The maximum Gasteiger partial charge on any atom is 0.328 e. The molecule has 2 rings (SSSR count). The minimum absolute atomic E-state index is 0.216. The third-order valence-corrected chi connectivity index (χ3v) is 3.10. The molecule has 6 nitrogen and oxygen atoms in total. The van der Waals surface area contributed by atoms with Crippen molar-refractivity contribution in [3.63, 3.8) is 0 Å². The lowest BCUT2D eigenvalue weighted by atomic mass is 10.0. The van der Waals surface area contributed by atoms with Crippen LogP contribution in [-0.2, 0) is 4.79 Å². The van der Waals surface area contributed by atoms with E-state index in [4.69, 9.17) is 26.2 Å². The first kappa shape index (κ1) is 14.5. The largest absolute Gasteiger partial charge is 0.486 e. The van der Waals surface area contributed by atoms with E-state index in [1.165, 1.54) is 26.0 Å². The zero-order valence-corrected chi connectivity index (χ0v) is 11.8. The third-order valence-electron chi connectivity index (χ3n) is 2.82. The Morgan fingerprint density at radius 2 is 1.95 bits per heavy atom. The van der Waals surface area contributed by atoms with E-state index in [2.05, 4.69) is 5.32 Å². The highest BCUT2D eigenvalue weighted by Gasteiger charge is 2.30. The van der Waals surface area contributed by atoms with Crippen LogP contribution in [0.1, 0.15) is 24.2 Å². The number of hydrogen-bond acceptors (Lipinski definition) is 4. The van der Waals surface area contributed by atoms with Crippen LogP contribution in [0.3, 0.4) is 0 Å². The summed E-state index contributed by atoms with van der Waals surface area (Å²) in [5, 5.41) is 11.7. The number of amides is 1. The van der Waals surface area contributed by atoms with Crippen LogP contribution < -0.4 is 14.8 Å². The Morgan fingerprint density at radius 3 is 2.60 bits per heavy atom. The number of rotatable bonds is 3. The second-order valence-electron chi connectivity index (χ2n) is 4.87. The van der Waals surface area contributed by atoms with Crippen molar-refractivity contribution in [3.05, 3.63) is 22.7 Å². The topological polar surface area (TPSA) is 84.9 Å². The summed E-state index contributed by atoms with van der Waals surface area (Å²) in [6.07, 6.45) is 0. The van der Waals surface area contributed by atoms with Crippen molar-refractivity contribution in [1.29, 1.82) is 0 Å². The summed E-state index contributed by atoms with van der Waals surface area (Å²) in [7, 11) is 0. The minimum Gasteiger partial charge on any atom is -0.486 e. The number of carbonyl (C=O) groups is 2. The first-order chi connectivity index (χ1) is 9.31. The number of aliphatic carboxylic acids is 1. The van der Waals surface area contributed by atoms with Gasteiger partial charge in [0.25, 0.3) is 5.91 Å². The van der Waals surface area contributed by atoms with Crippen molar-refractivity contribution in [1.82, 2.24) is 5.32 Å². The van der Waals surface area contributed by atoms with Crippen LogP contribution in [0.5, 0.6) is 11.5 Å². The molecule has 1 heterocycles. The molecule has 20 heavy (non-hydrogen) atoms. The molecule has 108 valence electrons. The summed E-state index contributed by atoms with van der Waals surface area (Å²) in [5.41, 5.74) is -1.16. The fourth-order valence-electron chi connectivity index (χ4n) is 1.65. The molecule has 1 aliphatic rings. The Balaban J connectivity index is 2.27. The summed E-state index contributed by atoms with van der Waals surface area (Å²) < 4.78 is 10.7. The van der Waals surface area contributed by atoms with Crippen molar-refractivity contribution in [3.8, 4) is 11.5 Å². The maximum atomic E-state index is 12.1. The summed E-state index contributed by atoms with van der Waals surface area (Å²) >= 11 is 6.02. The molecule has 1 aliphatic heterocycles. The number of fused-ring (bicyclic) bond motifs is 1. The fourth-order valence-corrected chi connectivity index (χ4v) is 1.92. The molecule has 1 amide bonds. The van der Waals surface area contributed by atoms with Crippen molar-refractivity contribution in [2.75, 3.05) is 13.2 Å². The number of ether oxygens (including phenoxy) is 2. The van der Waals surface area contributed by atoms with Gasteiger partial charge in [-0.15, -0.1) is 0 Å². The minimum atomic E-state index is -1.38. The van der Waals surface area contributed by atoms with Crippen LogP contribution in [0.25, 0.3) is 0 Å². The van der Waals surface area contributed by atoms with Gasteiger partial charge in [0.05, 0.1) is 5.02 Å². The van der Waals surface area contributed by atoms with Gasteiger partial charge >= 0.3 is 5.97 Å². The normalized spacial score (nSPS) is 13.8. The van der Waals surface area contributed by atoms with E-state index in [0.717, 1.165) is 0 Å². The standard InChI is InChI=1S/C13H14ClNO5/c1-13(2,12(17)18)15-11(16)7-5-8(14)10-9(6-7)19-3-4-20-10/h5-6H,3-4H2,1-2H3,(H,15,16)(H,17,18). The Morgan fingerprint density at radius 1 is 1.30 bits per heavy atom. The predicted octanol–water partition coefficient (Wildman–Crippen LogP) is 1.70. The molecule has 1 aromatic carbocycles. The number of halogens is 1. The Bertz CT molecular complexity index is 570. The predicted molar refractivity (Wildman–Crippen MR) is 71.6 cm³/mol. The van der Waals surface area contributed by atoms with Crippen LogP contribution >= 0.6 is 11.6 Å². The second-order valence-corrected chi connectivity index (χ2v) is 5.27. The summed E-state index contributed by atoms with van der Waals surface area (Å²) in [6.45, 7) is 3.55.